The Bertz CT molecular complexity index is 1740. The van der Waals surface area contributed by atoms with Crippen LogP contribution in [0.2, 0.25) is 5.02 Å². The van der Waals surface area contributed by atoms with E-state index in [1.165, 1.54) is 18.5 Å². The van der Waals surface area contributed by atoms with Crippen LogP contribution in [-0.2, 0) is 31.5 Å². The highest BCUT2D eigenvalue weighted by atomic mass is 35.5. The zero-order valence-electron chi connectivity index (χ0n) is 24.5. The molecule has 3 heterocycles. The Balaban J connectivity index is 1.27. The molecule has 0 fully saturated rings. The van der Waals surface area contributed by atoms with E-state index in [-0.39, 0.29) is 24.8 Å². The molecule has 9 nitrogen and oxygen atoms in total. The van der Waals surface area contributed by atoms with Gasteiger partial charge in [0, 0.05) is 24.1 Å². The topological polar surface area (TPSA) is 113 Å². The van der Waals surface area contributed by atoms with Crippen molar-refractivity contribution < 1.29 is 27.0 Å². The van der Waals surface area contributed by atoms with Crippen LogP contribution in [0.15, 0.2) is 73.4 Å². The molecule has 0 radical (unpaired) electrons. The zero-order valence-corrected chi connectivity index (χ0v) is 26.1. The minimum atomic E-state index is -3.14. The molecule has 1 N–H and O–H groups in total. The molecule has 2 aromatic carbocycles. The molecule has 0 saturated carbocycles. The number of halogens is 2. The summed E-state index contributed by atoms with van der Waals surface area (Å²) in [5.74, 6) is 0.721. The summed E-state index contributed by atoms with van der Waals surface area (Å²) < 4.78 is 55.1. The molecule has 2 aromatic heterocycles. The van der Waals surface area contributed by atoms with Crippen LogP contribution in [0.3, 0.4) is 0 Å². The minimum absolute atomic E-state index is 0.00570. The summed E-state index contributed by atoms with van der Waals surface area (Å²) in [6.45, 7) is 4.10. The van der Waals surface area contributed by atoms with Crippen LogP contribution in [0, 0.1) is 5.82 Å². The first-order valence-corrected chi connectivity index (χ1v) is 16.4. The number of sulfone groups is 1. The normalized spacial score (nSPS) is 16.4. The van der Waals surface area contributed by atoms with E-state index in [4.69, 9.17) is 25.8 Å². The number of nitrogens with zero attached hydrogens (tertiary/aromatic N) is 3. The van der Waals surface area contributed by atoms with Gasteiger partial charge in [-0.15, -0.1) is 0 Å². The maximum Gasteiger partial charge on any atom is 0.154 e. The summed E-state index contributed by atoms with van der Waals surface area (Å²) in [5, 5.41) is 4.04. The van der Waals surface area contributed by atoms with Crippen LogP contribution < -0.4 is 10.1 Å². The van der Waals surface area contributed by atoms with Gasteiger partial charge in [-0.3, -0.25) is 4.98 Å². The number of benzene rings is 2. The van der Waals surface area contributed by atoms with Crippen molar-refractivity contribution in [2.24, 2.45) is 0 Å². The number of nitrogens with one attached hydrogen (secondary N) is 1. The van der Waals surface area contributed by atoms with Gasteiger partial charge in [0.05, 0.1) is 46.3 Å². The van der Waals surface area contributed by atoms with Crippen LogP contribution in [0.1, 0.15) is 44.4 Å². The van der Waals surface area contributed by atoms with Gasteiger partial charge in [-0.05, 0) is 74.7 Å². The van der Waals surface area contributed by atoms with E-state index < -0.39 is 20.7 Å². The van der Waals surface area contributed by atoms with Gasteiger partial charge in [0.25, 0.3) is 0 Å². The van der Waals surface area contributed by atoms with Crippen molar-refractivity contribution in [1.29, 1.82) is 0 Å². The second-order valence-corrected chi connectivity index (χ2v) is 13.9. The number of hydrogen-bond acceptors (Lipinski definition) is 9. The first-order chi connectivity index (χ1) is 21.1. The second kappa shape index (κ2) is 13.9. The average Bonchev–Trinajstić information content (AvgIpc) is 3.48. The van der Waals surface area contributed by atoms with Crippen molar-refractivity contribution in [2.75, 3.05) is 24.3 Å². The Morgan fingerprint density at radius 3 is 2.73 bits per heavy atom. The highest BCUT2D eigenvalue weighted by Crippen LogP contribution is 2.39. The lowest BCUT2D eigenvalue weighted by Gasteiger charge is -2.28. The third-order valence-electron chi connectivity index (χ3n) is 7.40. The molecule has 44 heavy (non-hydrogen) atoms. The van der Waals surface area contributed by atoms with E-state index in [1.807, 2.05) is 18.2 Å². The third kappa shape index (κ3) is 7.64. The largest absolute Gasteiger partial charge is 0.489 e. The molecule has 4 aromatic rings. The summed E-state index contributed by atoms with van der Waals surface area (Å²) in [6, 6.07) is 13.4. The molecule has 0 aliphatic carbocycles. The second-order valence-electron chi connectivity index (χ2n) is 10.8. The van der Waals surface area contributed by atoms with Crippen molar-refractivity contribution in [3.05, 3.63) is 95.5 Å². The maximum absolute atomic E-state index is 13.5. The summed E-state index contributed by atoms with van der Waals surface area (Å²) in [5.41, 5.74) is 2.09. The quantitative estimate of drug-likeness (QED) is 0.147. The predicted octanol–water partition coefficient (Wildman–Crippen LogP) is 6.89. The van der Waals surface area contributed by atoms with Gasteiger partial charge in [-0.1, -0.05) is 23.7 Å². The molecule has 1 atom stereocenters. The van der Waals surface area contributed by atoms with Gasteiger partial charge in [0.1, 0.15) is 30.3 Å². The molecule has 232 valence electrons. The number of ether oxygens (including phenoxy) is 3. The van der Waals surface area contributed by atoms with E-state index >= 15 is 0 Å². The fraction of sp³-hybridized carbons (Fsp3) is 0.344. The molecule has 1 aliphatic heterocycles. The van der Waals surface area contributed by atoms with Crippen molar-refractivity contribution in [3.63, 3.8) is 0 Å². The Labute approximate surface area is 261 Å². The van der Waals surface area contributed by atoms with Gasteiger partial charge in [0.2, 0.25) is 0 Å². The highest BCUT2D eigenvalue weighted by Gasteiger charge is 2.37. The third-order valence-corrected chi connectivity index (χ3v) is 9.87. The summed E-state index contributed by atoms with van der Waals surface area (Å²) in [7, 11) is -3.14. The van der Waals surface area contributed by atoms with Crippen molar-refractivity contribution in [3.8, 4) is 5.75 Å². The van der Waals surface area contributed by atoms with Gasteiger partial charge in [-0.25, -0.2) is 22.8 Å². The van der Waals surface area contributed by atoms with E-state index in [9.17, 15) is 12.8 Å². The summed E-state index contributed by atoms with van der Waals surface area (Å²) in [6.07, 6.45) is 8.72. The molecule has 12 heteroatoms. The lowest BCUT2D eigenvalue weighted by molar-refractivity contribution is 0.0173. The van der Waals surface area contributed by atoms with Crippen LogP contribution in [-0.4, -0.2) is 47.6 Å². The number of rotatable bonds is 14. The summed E-state index contributed by atoms with van der Waals surface area (Å²) >= 11 is 6.51. The molecule has 0 bridgehead atoms. The van der Waals surface area contributed by atoms with Crippen molar-refractivity contribution in [1.82, 2.24) is 15.0 Å². The van der Waals surface area contributed by atoms with Crippen molar-refractivity contribution in [2.45, 2.75) is 50.6 Å². The first-order valence-electron chi connectivity index (χ1n) is 14.3. The van der Waals surface area contributed by atoms with Crippen molar-refractivity contribution >= 4 is 43.8 Å². The zero-order chi connectivity index (χ0) is 31.2. The van der Waals surface area contributed by atoms with Gasteiger partial charge in [-0.2, -0.15) is 0 Å². The van der Waals surface area contributed by atoms with Crippen LogP contribution in [0.4, 0.5) is 15.9 Å². The van der Waals surface area contributed by atoms with Crippen LogP contribution in [0.5, 0.6) is 5.75 Å². The predicted molar refractivity (Wildman–Crippen MR) is 168 cm³/mol. The Morgan fingerprint density at radius 1 is 1.11 bits per heavy atom. The number of hydrogen-bond donors (Lipinski definition) is 1. The minimum Gasteiger partial charge on any atom is -0.489 e. The van der Waals surface area contributed by atoms with E-state index in [0.29, 0.717) is 59.2 Å². The molecular formula is C32H34ClFN4O5S. The first kappa shape index (κ1) is 31.6. The fourth-order valence-electron chi connectivity index (χ4n) is 4.82. The van der Waals surface area contributed by atoms with Gasteiger partial charge < -0.3 is 19.5 Å². The fourth-order valence-corrected chi connectivity index (χ4v) is 5.88. The average molecular weight is 641 g/mol. The monoisotopic (exact) mass is 640 g/mol. The number of aromatic nitrogens is 3. The Hall–Kier alpha value is -3.80. The van der Waals surface area contributed by atoms with Gasteiger partial charge in [0.15, 0.2) is 15.4 Å². The lowest BCUT2D eigenvalue weighted by Crippen LogP contribution is -2.27. The van der Waals surface area contributed by atoms with E-state index in [1.54, 1.807) is 50.6 Å². The Kier molecular flexibility index (Phi) is 9.97. The van der Waals surface area contributed by atoms with Crippen LogP contribution in [0.25, 0.3) is 10.9 Å². The highest BCUT2D eigenvalue weighted by molar-refractivity contribution is 7.91. The lowest BCUT2D eigenvalue weighted by atomic mass is 9.90. The van der Waals surface area contributed by atoms with Gasteiger partial charge >= 0.3 is 0 Å². The molecular weight excluding hydrogens is 607 g/mol. The number of pyridine rings is 1. The maximum atomic E-state index is 13.5. The SMILES string of the molecule is CC(C)S(=O)(=O)CCOCCCC1(c2cc3c(Nc4ccc(OCc5cccc(F)c5)c(Cl)c4)ncnc3cn2)CC=CO1. The molecule has 5 rings (SSSR count). The molecule has 0 spiro atoms. The van der Waals surface area contributed by atoms with Crippen LogP contribution >= 0.6 is 11.6 Å². The van der Waals surface area contributed by atoms with E-state index in [0.717, 1.165) is 11.1 Å². The number of anilines is 2. The number of fused-ring (bicyclic) bond motifs is 1. The molecule has 1 unspecified atom stereocenters. The molecule has 0 saturated heterocycles. The standard InChI is InChI=1S/C32H34ClFN4O5S/c1-22(2)44(39,40)15-14-41-12-4-10-32(11-5-13-43-32)30-18-26-28(19-35-30)36-21-37-31(26)38-25-8-9-29(27(33)17-25)42-20-23-6-3-7-24(34)16-23/h3,5-9,13,16-19,21-22H,4,10-12,14-15,20H2,1-2H3,(H,36,37,38). The molecule has 0 amide bonds. The molecule has 1 aliphatic rings. The Morgan fingerprint density at radius 2 is 1.98 bits per heavy atom. The smallest absolute Gasteiger partial charge is 0.154 e. The summed E-state index contributed by atoms with van der Waals surface area (Å²) in [4.78, 5) is 13.5. The van der Waals surface area contributed by atoms with E-state index in [2.05, 4.69) is 20.3 Å².